The molecule has 18 heavy (non-hydrogen) atoms. The first-order valence-corrected chi connectivity index (χ1v) is 8.06. The van der Waals surface area contributed by atoms with Gasteiger partial charge in [-0.3, -0.25) is 4.79 Å². The molecule has 0 aliphatic carbocycles. The van der Waals surface area contributed by atoms with E-state index in [0.717, 1.165) is 0 Å². The van der Waals surface area contributed by atoms with Crippen LogP contribution in [0.25, 0.3) is 0 Å². The summed E-state index contributed by atoms with van der Waals surface area (Å²) in [6, 6.07) is 0. The second-order valence-corrected chi connectivity index (χ2v) is 8.43. The van der Waals surface area contributed by atoms with Crippen molar-refractivity contribution in [2.75, 3.05) is 25.4 Å². The molecule has 1 rings (SSSR count). The number of hydrogen-bond donors (Lipinski definition) is 2. The summed E-state index contributed by atoms with van der Waals surface area (Å²) >= 11 is 0. The highest BCUT2D eigenvalue weighted by atomic mass is 32.2. The van der Waals surface area contributed by atoms with Crippen LogP contribution in [0.4, 0.5) is 0 Å². The number of rotatable bonds is 3. The lowest BCUT2D eigenvalue weighted by atomic mass is 9.81. The van der Waals surface area contributed by atoms with Gasteiger partial charge in [0.1, 0.15) is 0 Å². The van der Waals surface area contributed by atoms with Crippen molar-refractivity contribution in [2.24, 2.45) is 11.3 Å². The van der Waals surface area contributed by atoms with Crippen LogP contribution in [0.15, 0.2) is 0 Å². The van der Waals surface area contributed by atoms with Gasteiger partial charge in [0.2, 0.25) is 5.91 Å². The average Bonchev–Trinajstić information content (AvgIpc) is 2.24. The predicted molar refractivity (Wildman–Crippen MR) is 72.1 cm³/mol. The maximum absolute atomic E-state index is 11.9. The summed E-state index contributed by atoms with van der Waals surface area (Å²) in [4.78, 5) is 11.9. The third-order valence-corrected chi connectivity index (χ3v) is 5.76. The van der Waals surface area contributed by atoms with Gasteiger partial charge in [0.25, 0.3) is 0 Å². The van der Waals surface area contributed by atoms with Crippen molar-refractivity contribution in [3.63, 3.8) is 0 Å². The molecule has 0 aromatic rings. The highest BCUT2D eigenvalue weighted by Crippen LogP contribution is 2.25. The summed E-state index contributed by atoms with van der Waals surface area (Å²) in [7, 11) is -3.06. The van der Waals surface area contributed by atoms with Crippen LogP contribution < -0.4 is 10.6 Å². The van der Waals surface area contributed by atoms with Crippen LogP contribution in [0.2, 0.25) is 0 Å². The van der Waals surface area contributed by atoms with Crippen LogP contribution in [0.3, 0.4) is 0 Å². The zero-order valence-corrected chi connectivity index (χ0v) is 12.4. The topological polar surface area (TPSA) is 75.3 Å². The van der Waals surface area contributed by atoms with E-state index in [1.165, 1.54) is 0 Å². The Kier molecular flexibility index (Phi) is 4.78. The van der Waals surface area contributed by atoms with Gasteiger partial charge in [-0.05, 0) is 5.41 Å². The Bertz CT molecular complexity index is 398. The largest absolute Gasteiger partial charge is 0.354 e. The standard InChI is InChI=1S/C12H24N2O3S/c1-9(12(2,3)4)11(15)14-8-10-7-13-5-6-18(10,16)17/h9-10,13H,5-8H2,1-4H3,(H,14,15). The number of amides is 1. The molecule has 6 heteroatoms. The van der Waals surface area contributed by atoms with Gasteiger partial charge in [-0.2, -0.15) is 0 Å². The molecule has 1 aliphatic rings. The molecule has 5 nitrogen and oxygen atoms in total. The Morgan fingerprint density at radius 2 is 2.06 bits per heavy atom. The Morgan fingerprint density at radius 1 is 1.44 bits per heavy atom. The lowest BCUT2D eigenvalue weighted by molar-refractivity contribution is -0.127. The second-order valence-electron chi connectivity index (χ2n) is 6.03. The summed E-state index contributed by atoms with van der Waals surface area (Å²) in [5.74, 6) is -0.0671. The van der Waals surface area contributed by atoms with E-state index >= 15 is 0 Å². The molecule has 2 atom stereocenters. The van der Waals surface area contributed by atoms with Crippen molar-refractivity contribution in [3.8, 4) is 0 Å². The van der Waals surface area contributed by atoms with Gasteiger partial charge in [0, 0.05) is 25.6 Å². The fraction of sp³-hybridized carbons (Fsp3) is 0.917. The third kappa shape index (κ3) is 3.95. The summed E-state index contributed by atoms with van der Waals surface area (Å²) in [6.45, 7) is 8.98. The predicted octanol–water partition coefficient (Wildman–Crippen LogP) is 0.171. The number of carbonyl (C=O) groups excluding carboxylic acids is 1. The van der Waals surface area contributed by atoms with Crippen molar-refractivity contribution >= 4 is 15.7 Å². The highest BCUT2D eigenvalue weighted by Gasteiger charge is 2.31. The van der Waals surface area contributed by atoms with E-state index in [2.05, 4.69) is 10.6 Å². The molecule has 0 aromatic heterocycles. The molecule has 1 amide bonds. The summed E-state index contributed by atoms with van der Waals surface area (Å²) in [6.07, 6.45) is 0. The first-order valence-electron chi connectivity index (χ1n) is 6.34. The van der Waals surface area contributed by atoms with Crippen LogP contribution >= 0.6 is 0 Å². The van der Waals surface area contributed by atoms with Crippen LogP contribution in [-0.2, 0) is 14.6 Å². The Balaban J connectivity index is 2.53. The first kappa shape index (κ1) is 15.4. The van der Waals surface area contributed by atoms with Gasteiger partial charge in [-0.1, -0.05) is 27.7 Å². The molecule has 0 radical (unpaired) electrons. The number of nitrogens with one attached hydrogen (secondary N) is 2. The fourth-order valence-corrected chi connectivity index (χ4v) is 3.20. The number of sulfone groups is 1. The molecule has 1 heterocycles. The van der Waals surface area contributed by atoms with Crippen molar-refractivity contribution in [3.05, 3.63) is 0 Å². The third-order valence-electron chi connectivity index (χ3n) is 3.64. The quantitative estimate of drug-likeness (QED) is 0.770. The van der Waals surface area contributed by atoms with Gasteiger partial charge >= 0.3 is 0 Å². The number of carbonyl (C=O) groups is 1. The molecule has 1 saturated heterocycles. The van der Waals surface area contributed by atoms with Crippen molar-refractivity contribution in [1.29, 1.82) is 0 Å². The van der Waals surface area contributed by atoms with E-state index in [1.54, 1.807) is 0 Å². The van der Waals surface area contributed by atoms with Gasteiger partial charge in [-0.25, -0.2) is 8.42 Å². The van der Waals surface area contributed by atoms with Crippen molar-refractivity contribution in [1.82, 2.24) is 10.6 Å². The Labute approximate surface area is 110 Å². The minimum absolute atomic E-state index is 0.0803. The first-order chi connectivity index (χ1) is 8.14. The minimum atomic E-state index is -3.06. The monoisotopic (exact) mass is 276 g/mol. The SMILES string of the molecule is CC(C(=O)NCC1CNCCS1(=O)=O)C(C)(C)C. The molecule has 106 valence electrons. The molecule has 0 bridgehead atoms. The zero-order chi connectivity index (χ0) is 14.0. The number of hydrogen-bond acceptors (Lipinski definition) is 4. The molecular weight excluding hydrogens is 252 g/mol. The lowest BCUT2D eigenvalue weighted by Gasteiger charge is -2.28. The molecule has 0 saturated carbocycles. The van der Waals surface area contributed by atoms with E-state index in [-0.39, 0.29) is 29.5 Å². The molecule has 0 spiro atoms. The summed E-state index contributed by atoms with van der Waals surface area (Å²) in [5, 5.41) is 5.30. The minimum Gasteiger partial charge on any atom is -0.354 e. The van der Waals surface area contributed by atoms with Crippen molar-refractivity contribution < 1.29 is 13.2 Å². The molecule has 2 N–H and O–H groups in total. The smallest absolute Gasteiger partial charge is 0.223 e. The molecule has 1 fully saturated rings. The fourth-order valence-electron chi connectivity index (χ4n) is 1.73. The van der Waals surface area contributed by atoms with Crippen LogP contribution in [0.5, 0.6) is 0 Å². The summed E-state index contributed by atoms with van der Waals surface area (Å²) < 4.78 is 23.5. The maximum Gasteiger partial charge on any atom is 0.223 e. The van der Waals surface area contributed by atoms with Crippen molar-refractivity contribution in [2.45, 2.75) is 32.9 Å². The van der Waals surface area contributed by atoms with E-state index < -0.39 is 15.1 Å². The van der Waals surface area contributed by atoms with E-state index in [1.807, 2.05) is 27.7 Å². The molecule has 2 unspecified atom stereocenters. The molecule has 1 aliphatic heterocycles. The summed E-state index contributed by atoms with van der Waals surface area (Å²) in [5.41, 5.74) is -0.117. The Hall–Kier alpha value is -0.620. The average molecular weight is 276 g/mol. The van der Waals surface area contributed by atoms with Gasteiger partial charge in [0.15, 0.2) is 9.84 Å². The van der Waals surface area contributed by atoms with E-state index in [4.69, 9.17) is 0 Å². The van der Waals surface area contributed by atoms with E-state index in [9.17, 15) is 13.2 Å². The molecule has 0 aromatic carbocycles. The van der Waals surface area contributed by atoms with E-state index in [0.29, 0.717) is 13.1 Å². The lowest BCUT2D eigenvalue weighted by Crippen LogP contribution is -2.50. The zero-order valence-electron chi connectivity index (χ0n) is 11.6. The van der Waals surface area contributed by atoms with Crippen LogP contribution in [-0.4, -0.2) is 45.0 Å². The van der Waals surface area contributed by atoms with Gasteiger partial charge in [-0.15, -0.1) is 0 Å². The van der Waals surface area contributed by atoms with Crippen LogP contribution in [0, 0.1) is 11.3 Å². The second kappa shape index (κ2) is 5.57. The maximum atomic E-state index is 11.9. The highest BCUT2D eigenvalue weighted by molar-refractivity contribution is 7.92. The molecular formula is C12H24N2O3S. The Morgan fingerprint density at radius 3 is 2.56 bits per heavy atom. The van der Waals surface area contributed by atoms with Gasteiger partial charge < -0.3 is 10.6 Å². The normalized spacial score (nSPS) is 25.4. The van der Waals surface area contributed by atoms with Gasteiger partial charge in [0.05, 0.1) is 11.0 Å². The van der Waals surface area contributed by atoms with Crippen LogP contribution in [0.1, 0.15) is 27.7 Å².